The SMILES string of the molecule is C#CCCN1CCC(C(=O)OCC)CC1. The van der Waals surface area contributed by atoms with E-state index in [4.69, 9.17) is 11.2 Å². The van der Waals surface area contributed by atoms with Crippen molar-refractivity contribution in [3.63, 3.8) is 0 Å². The molecule has 0 unspecified atom stereocenters. The number of ether oxygens (including phenoxy) is 1. The molecular formula is C12H19NO2. The van der Waals surface area contributed by atoms with Crippen LogP contribution in [0.25, 0.3) is 0 Å². The van der Waals surface area contributed by atoms with Crippen molar-refractivity contribution in [2.45, 2.75) is 26.2 Å². The number of carbonyl (C=O) groups excluding carboxylic acids is 1. The van der Waals surface area contributed by atoms with Crippen molar-refractivity contribution >= 4 is 5.97 Å². The highest BCUT2D eigenvalue weighted by Crippen LogP contribution is 2.18. The van der Waals surface area contributed by atoms with Crippen LogP contribution >= 0.6 is 0 Å². The van der Waals surface area contributed by atoms with E-state index in [1.807, 2.05) is 6.92 Å². The highest BCUT2D eigenvalue weighted by Gasteiger charge is 2.25. The predicted molar refractivity (Wildman–Crippen MR) is 59.2 cm³/mol. The summed E-state index contributed by atoms with van der Waals surface area (Å²) in [6.45, 7) is 5.21. The van der Waals surface area contributed by atoms with Crippen LogP contribution in [-0.2, 0) is 9.53 Å². The van der Waals surface area contributed by atoms with Gasteiger partial charge in [-0.1, -0.05) is 0 Å². The smallest absolute Gasteiger partial charge is 0.309 e. The second-order valence-electron chi connectivity index (χ2n) is 3.82. The molecule has 0 aromatic carbocycles. The Kier molecular flexibility index (Phi) is 5.20. The first-order valence-electron chi connectivity index (χ1n) is 5.60. The summed E-state index contributed by atoms with van der Waals surface area (Å²) in [6, 6.07) is 0. The summed E-state index contributed by atoms with van der Waals surface area (Å²) >= 11 is 0. The zero-order valence-electron chi connectivity index (χ0n) is 9.37. The van der Waals surface area contributed by atoms with E-state index < -0.39 is 0 Å². The number of nitrogens with zero attached hydrogens (tertiary/aromatic N) is 1. The number of piperidine rings is 1. The lowest BCUT2D eigenvalue weighted by Crippen LogP contribution is -2.37. The third kappa shape index (κ3) is 3.93. The molecule has 0 N–H and O–H groups in total. The molecule has 1 rings (SSSR count). The van der Waals surface area contributed by atoms with Gasteiger partial charge >= 0.3 is 5.97 Å². The van der Waals surface area contributed by atoms with Gasteiger partial charge in [-0.05, 0) is 32.9 Å². The normalized spacial score (nSPS) is 18.4. The van der Waals surface area contributed by atoms with Crippen molar-refractivity contribution in [3.8, 4) is 12.3 Å². The number of esters is 1. The van der Waals surface area contributed by atoms with Gasteiger partial charge in [0.2, 0.25) is 0 Å². The van der Waals surface area contributed by atoms with Crippen LogP contribution in [0.15, 0.2) is 0 Å². The number of carbonyl (C=O) groups is 1. The van der Waals surface area contributed by atoms with Gasteiger partial charge in [0.05, 0.1) is 12.5 Å². The van der Waals surface area contributed by atoms with E-state index in [1.165, 1.54) is 0 Å². The Hall–Kier alpha value is -1.01. The third-order valence-electron chi connectivity index (χ3n) is 2.78. The van der Waals surface area contributed by atoms with E-state index >= 15 is 0 Å². The first kappa shape index (κ1) is 12.1. The average molecular weight is 209 g/mol. The van der Waals surface area contributed by atoms with Gasteiger partial charge in [0.15, 0.2) is 0 Å². The molecule has 0 amide bonds. The van der Waals surface area contributed by atoms with Crippen LogP contribution < -0.4 is 0 Å². The molecule has 0 bridgehead atoms. The second kappa shape index (κ2) is 6.47. The van der Waals surface area contributed by atoms with Crippen molar-refractivity contribution in [3.05, 3.63) is 0 Å². The second-order valence-corrected chi connectivity index (χ2v) is 3.82. The Bertz CT molecular complexity index is 236. The van der Waals surface area contributed by atoms with E-state index in [9.17, 15) is 4.79 Å². The number of hydrogen-bond acceptors (Lipinski definition) is 3. The summed E-state index contributed by atoms with van der Waals surface area (Å²) < 4.78 is 5.01. The first-order valence-corrected chi connectivity index (χ1v) is 5.60. The average Bonchev–Trinajstić information content (AvgIpc) is 2.27. The molecule has 1 fully saturated rings. The minimum absolute atomic E-state index is 0.0332. The maximum Gasteiger partial charge on any atom is 0.309 e. The van der Waals surface area contributed by atoms with Gasteiger partial charge in [-0.2, -0.15) is 0 Å². The molecule has 1 saturated heterocycles. The van der Waals surface area contributed by atoms with Crippen LogP contribution in [0, 0.1) is 18.3 Å². The molecular weight excluding hydrogens is 190 g/mol. The molecule has 1 aliphatic rings. The summed E-state index contributed by atoms with van der Waals surface area (Å²) in [4.78, 5) is 13.8. The molecule has 0 aromatic heterocycles. The number of likely N-dealkylation sites (tertiary alicyclic amines) is 1. The molecule has 15 heavy (non-hydrogen) atoms. The Morgan fingerprint density at radius 3 is 2.73 bits per heavy atom. The fraction of sp³-hybridized carbons (Fsp3) is 0.750. The Morgan fingerprint density at radius 2 is 2.20 bits per heavy atom. The molecule has 1 heterocycles. The van der Waals surface area contributed by atoms with Crippen molar-refractivity contribution in [1.29, 1.82) is 0 Å². The Labute approximate surface area is 91.8 Å². The topological polar surface area (TPSA) is 29.5 Å². The fourth-order valence-corrected chi connectivity index (χ4v) is 1.88. The maximum atomic E-state index is 11.4. The van der Waals surface area contributed by atoms with Gasteiger partial charge in [0, 0.05) is 13.0 Å². The highest BCUT2D eigenvalue weighted by atomic mass is 16.5. The Morgan fingerprint density at radius 1 is 1.53 bits per heavy atom. The summed E-state index contributed by atoms with van der Waals surface area (Å²) in [5.74, 6) is 2.71. The molecule has 3 nitrogen and oxygen atoms in total. The standard InChI is InChI=1S/C12H19NO2/c1-3-5-8-13-9-6-11(7-10-13)12(14)15-4-2/h1,11H,4-10H2,2H3. The largest absolute Gasteiger partial charge is 0.466 e. The van der Waals surface area contributed by atoms with Crippen LogP contribution in [0.2, 0.25) is 0 Å². The monoisotopic (exact) mass is 209 g/mol. The van der Waals surface area contributed by atoms with E-state index in [0.717, 1.165) is 38.9 Å². The Balaban J connectivity index is 2.23. The lowest BCUT2D eigenvalue weighted by Gasteiger charge is -2.30. The quantitative estimate of drug-likeness (QED) is 0.516. The van der Waals surface area contributed by atoms with E-state index in [2.05, 4.69) is 10.8 Å². The van der Waals surface area contributed by atoms with Gasteiger partial charge in [-0.15, -0.1) is 12.3 Å². The molecule has 3 heteroatoms. The van der Waals surface area contributed by atoms with Gasteiger partial charge in [-0.3, -0.25) is 4.79 Å². The van der Waals surface area contributed by atoms with Crippen molar-refractivity contribution < 1.29 is 9.53 Å². The molecule has 0 spiro atoms. The number of hydrogen-bond donors (Lipinski definition) is 0. The van der Waals surface area contributed by atoms with Gasteiger partial charge in [0.25, 0.3) is 0 Å². The lowest BCUT2D eigenvalue weighted by molar-refractivity contribution is -0.149. The fourth-order valence-electron chi connectivity index (χ4n) is 1.88. The summed E-state index contributed by atoms with van der Waals surface area (Å²) in [5.41, 5.74) is 0. The zero-order valence-corrected chi connectivity index (χ0v) is 9.37. The third-order valence-corrected chi connectivity index (χ3v) is 2.78. The molecule has 0 saturated carbocycles. The predicted octanol–water partition coefficient (Wildman–Crippen LogP) is 1.28. The number of rotatable bonds is 4. The van der Waals surface area contributed by atoms with Gasteiger partial charge < -0.3 is 9.64 Å². The molecule has 84 valence electrons. The van der Waals surface area contributed by atoms with Crippen LogP contribution in [0.4, 0.5) is 0 Å². The number of terminal acetylenes is 1. The van der Waals surface area contributed by atoms with Crippen LogP contribution in [0.1, 0.15) is 26.2 Å². The van der Waals surface area contributed by atoms with Gasteiger partial charge in [-0.25, -0.2) is 0 Å². The van der Waals surface area contributed by atoms with Crippen LogP contribution in [-0.4, -0.2) is 37.1 Å². The first-order chi connectivity index (χ1) is 7.27. The minimum atomic E-state index is -0.0332. The van der Waals surface area contributed by atoms with E-state index in [-0.39, 0.29) is 11.9 Å². The summed E-state index contributed by atoms with van der Waals surface area (Å²) in [6.07, 6.45) is 7.82. The highest BCUT2D eigenvalue weighted by molar-refractivity contribution is 5.72. The lowest BCUT2D eigenvalue weighted by atomic mass is 9.97. The molecule has 0 atom stereocenters. The minimum Gasteiger partial charge on any atom is -0.466 e. The molecule has 0 aromatic rings. The zero-order chi connectivity index (χ0) is 11.1. The molecule has 1 aliphatic heterocycles. The van der Waals surface area contributed by atoms with Crippen molar-refractivity contribution in [2.75, 3.05) is 26.2 Å². The molecule has 0 aliphatic carbocycles. The maximum absolute atomic E-state index is 11.4. The van der Waals surface area contributed by atoms with Gasteiger partial charge in [0.1, 0.15) is 0 Å². The van der Waals surface area contributed by atoms with E-state index in [0.29, 0.717) is 6.61 Å². The summed E-state index contributed by atoms with van der Waals surface area (Å²) in [5, 5.41) is 0. The van der Waals surface area contributed by atoms with Crippen LogP contribution in [0.3, 0.4) is 0 Å². The summed E-state index contributed by atoms with van der Waals surface area (Å²) in [7, 11) is 0. The van der Waals surface area contributed by atoms with E-state index in [1.54, 1.807) is 0 Å². The van der Waals surface area contributed by atoms with Crippen molar-refractivity contribution in [2.24, 2.45) is 5.92 Å². The van der Waals surface area contributed by atoms with Crippen LogP contribution in [0.5, 0.6) is 0 Å². The van der Waals surface area contributed by atoms with Crippen molar-refractivity contribution in [1.82, 2.24) is 4.90 Å². The molecule has 0 radical (unpaired) electrons.